The highest BCUT2D eigenvalue weighted by atomic mass is 79.9. The van der Waals surface area contributed by atoms with Crippen molar-refractivity contribution in [3.8, 4) is 6.07 Å². The topological polar surface area (TPSA) is 35.8 Å². The van der Waals surface area contributed by atoms with Crippen LogP contribution >= 0.6 is 31.9 Å². The Kier molecular flexibility index (Phi) is 3.82. The zero-order valence-corrected chi connectivity index (χ0v) is 11.9. The van der Waals surface area contributed by atoms with E-state index in [4.69, 9.17) is 5.26 Å². The standard InChI is InChI=1S/C13H8Br2N2/c14-9-4-6-10(7-5-9)17-13-3-1-2-12(15)11(13)8-16/h1-7,17H. The van der Waals surface area contributed by atoms with Gasteiger partial charge in [0.25, 0.3) is 0 Å². The highest BCUT2D eigenvalue weighted by Gasteiger charge is 2.05. The number of hydrogen-bond donors (Lipinski definition) is 1. The van der Waals surface area contributed by atoms with E-state index in [1.54, 1.807) is 0 Å². The second kappa shape index (κ2) is 5.35. The number of nitrogens with zero attached hydrogens (tertiary/aromatic N) is 1. The molecule has 0 atom stereocenters. The van der Waals surface area contributed by atoms with Crippen LogP contribution < -0.4 is 5.32 Å². The van der Waals surface area contributed by atoms with Crippen LogP contribution in [0.5, 0.6) is 0 Å². The second-order valence-corrected chi connectivity index (χ2v) is 5.18. The van der Waals surface area contributed by atoms with Crippen LogP contribution in [-0.4, -0.2) is 0 Å². The first-order valence-electron chi connectivity index (χ1n) is 4.92. The van der Waals surface area contributed by atoms with Crippen molar-refractivity contribution in [3.63, 3.8) is 0 Å². The largest absolute Gasteiger partial charge is 0.354 e. The van der Waals surface area contributed by atoms with Crippen LogP contribution in [0.3, 0.4) is 0 Å². The number of nitriles is 1. The molecule has 2 rings (SSSR count). The zero-order chi connectivity index (χ0) is 12.3. The Bertz CT molecular complexity index is 571. The molecule has 2 aromatic carbocycles. The Balaban J connectivity index is 2.34. The number of anilines is 2. The molecule has 0 radical (unpaired) electrons. The molecular weight excluding hydrogens is 344 g/mol. The first kappa shape index (κ1) is 12.2. The van der Waals surface area contributed by atoms with Gasteiger partial charge in [0.1, 0.15) is 6.07 Å². The molecule has 1 N–H and O–H groups in total. The van der Waals surface area contributed by atoms with Gasteiger partial charge < -0.3 is 5.32 Å². The van der Waals surface area contributed by atoms with E-state index in [0.717, 1.165) is 20.3 Å². The van der Waals surface area contributed by atoms with Gasteiger partial charge in [-0.15, -0.1) is 0 Å². The van der Waals surface area contributed by atoms with Gasteiger partial charge in [-0.2, -0.15) is 5.26 Å². The zero-order valence-electron chi connectivity index (χ0n) is 8.74. The molecule has 2 aromatic rings. The van der Waals surface area contributed by atoms with Gasteiger partial charge in [-0.3, -0.25) is 0 Å². The summed E-state index contributed by atoms with van der Waals surface area (Å²) < 4.78 is 1.82. The summed E-state index contributed by atoms with van der Waals surface area (Å²) in [7, 11) is 0. The van der Waals surface area contributed by atoms with Crippen LogP contribution in [0, 0.1) is 11.3 Å². The van der Waals surface area contributed by atoms with Gasteiger partial charge in [-0.25, -0.2) is 0 Å². The molecule has 0 spiro atoms. The molecule has 0 aromatic heterocycles. The van der Waals surface area contributed by atoms with Crippen LogP contribution in [0.2, 0.25) is 0 Å². The van der Waals surface area contributed by atoms with Crippen LogP contribution in [0.4, 0.5) is 11.4 Å². The van der Waals surface area contributed by atoms with Crippen LogP contribution in [-0.2, 0) is 0 Å². The second-order valence-electron chi connectivity index (χ2n) is 3.41. The minimum Gasteiger partial charge on any atom is -0.354 e. The van der Waals surface area contributed by atoms with Crippen molar-refractivity contribution in [3.05, 3.63) is 57.0 Å². The predicted molar refractivity (Wildman–Crippen MR) is 76.3 cm³/mol. The molecule has 0 fully saturated rings. The van der Waals surface area contributed by atoms with Crippen molar-refractivity contribution in [2.75, 3.05) is 5.32 Å². The third-order valence-corrected chi connectivity index (χ3v) is 3.44. The van der Waals surface area contributed by atoms with Crippen molar-refractivity contribution < 1.29 is 0 Å². The fourth-order valence-electron chi connectivity index (χ4n) is 1.43. The highest BCUT2D eigenvalue weighted by molar-refractivity contribution is 9.10. The highest BCUT2D eigenvalue weighted by Crippen LogP contribution is 2.27. The summed E-state index contributed by atoms with van der Waals surface area (Å²) in [6.07, 6.45) is 0. The van der Waals surface area contributed by atoms with Crippen LogP contribution in [0.25, 0.3) is 0 Å². The van der Waals surface area contributed by atoms with Gasteiger partial charge in [-0.05, 0) is 52.3 Å². The summed E-state index contributed by atoms with van der Waals surface area (Å²) in [4.78, 5) is 0. The van der Waals surface area contributed by atoms with Gasteiger partial charge in [0, 0.05) is 14.6 Å². The van der Waals surface area contributed by atoms with E-state index < -0.39 is 0 Å². The lowest BCUT2D eigenvalue weighted by Gasteiger charge is -2.09. The average molecular weight is 352 g/mol. The molecule has 0 unspecified atom stereocenters. The molecular formula is C13H8Br2N2. The van der Waals surface area contributed by atoms with Crippen LogP contribution in [0.15, 0.2) is 51.4 Å². The molecule has 84 valence electrons. The molecule has 0 aliphatic rings. The van der Waals surface area contributed by atoms with E-state index in [2.05, 4.69) is 43.2 Å². The Labute approximate surface area is 117 Å². The first-order chi connectivity index (χ1) is 8.20. The Morgan fingerprint density at radius 3 is 2.35 bits per heavy atom. The molecule has 17 heavy (non-hydrogen) atoms. The molecule has 4 heteroatoms. The Morgan fingerprint density at radius 2 is 1.71 bits per heavy atom. The van der Waals surface area contributed by atoms with E-state index in [0.29, 0.717) is 5.56 Å². The molecule has 2 nitrogen and oxygen atoms in total. The smallest absolute Gasteiger partial charge is 0.103 e. The fraction of sp³-hybridized carbons (Fsp3) is 0. The normalized spacial score (nSPS) is 9.71. The number of halogens is 2. The molecule has 0 saturated heterocycles. The lowest BCUT2D eigenvalue weighted by Crippen LogP contribution is -1.93. The van der Waals surface area contributed by atoms with Gasteiger partial charge in [0.2, 0.25) is 0 Å². The molecule has 0 aliphatic heterocycles. The molecule has 0 saturated carbocycles. The third-order valence-electron chi connectivity index (χ3n) is 2.25. The SMILES string of the molecule is N#Cc1c(Br)cccc1Nc1ccc(Br)cc1. The quantitative estimate of drug-likeness (QED) is 0.841. The lowest BCUT2D eigenvalue weighted by molar-refractivity contribution is 1.44. The van der Waals surface area contributed by atoms with E-state index in [9.17, 15) is 0 Å². The summed E-state index contributed by atoms with van der Waals surface area (Å²) in [5.74, 6) is 0. The van der Waals surface area contributed by atoms with Crippen molar-refractivity contribution >= 4 is 43.2 Å². The summed E-state index contributed by atoms with van der Waals surface area (Å²) in [5.41, 5.74) is 2.35. The van der Waals surface area contributed by atoms with Crippen molar-refractivity contribution in [1.82, 2.24) is 0 Å². The lowest BCUT2D eigenvalue weighted by atomic mass is 10.2. The number of nitrogens with one attached hydrogen (secondary N) is 1. The maximum Gasteiger partial charge on any atom is 0.103 e. The van der Waals surface area contributed by atoms with E-state index in [1.807, 2.05) is 42.5 Å². The van der Waals surface area contributed by atoms with Gasteiger partial charge in [-0.1, -0.05) is 22.0 Å². The molecule has 0 aliphatic carbocycles. The summed E-state index contributed by atoms with van der Waals surface area (Å²) in [6, 6.07) is 15.6. The minimum atomic E-state index is 0.607. The monoisotopic (exact) mass is 350 g/mol. The molecule has 0 heterocycles. The fourth-order valence-corrected chi connectivity index (χ4v) is 2.15. The summed E-state index contributed by atoms with van der Waals surface area (Å²) >= 11 is 6.75. The number of rotatable bonds is 2. The van der Waals surface area contributed by atoms with Gasteiger partial charge >= 0.3 is 0 Å². The third kappa shape index (κ3) is 2.87. The maximum atomic E-state index is 9.09. The Morgan fingerprint density at radius 1 is 1.00 bits per heavy atom. The van der Waals surface area contributed by atoms with E-state index >= 15 is 0 Å². The average Bonchev–Trinajstić information content (AvgIpc) is 2.32. The predicted octanol–water partition coefficient (Wildman–Crippen LogP) is 4.83. The number of benzene rings is 2. The van der Waals surface area contributed by atoms with Gasteiger partial charge in [0.15, 0.2) is 0 Å². The van der Waals surface area contributed by atoms with Crippen molar-refractivity contribution in [2.24, 2.45) is 0 Å². The number of hydrogen-bond acceptors (Lipinski definition) is 2. The van der Waals surface area contributed by atoms with E-state index in [-0.39, 0.29) is 0 Å². The summed E-state index contributed by atoms with van der Waals surface area (Å²) in [5, 5.41) is 12.3. The van der Waals surface area contributed by atoms with Crippen molar-refractivity contribution in [2.45, 2.75) is 0 Å². The first-order valence-corrected chi connectivity index (χ1v) is 6.50. The molecule has 0 amide bonds. The maximum absolute atomic E-state index is 9.09. The minimum absolute atomic E-state index is 0.607. The van der Waals surface area contributed by atoms with Crippen molar-refractivity contribution in [1.29, 1.82) is 5.26 Å². The van der Waals surface area contributed by atoms with E-state index in [1.165, 1.54) is 0 Å². The van der Waals surface area contributed by atoms with Crippen LogP contribution in [0.1, 0.15) is 5.56 Å². The van der Waals surface area contributed by atoms with Gasteiger partial charge in [0.05, 0.1) is 11.3 Å². The Hall–Kier alpha value is -1.31. The molecule has 0 bridgehead atoms. The summed E-state index contributed by atoms with van der Waals surface area (Å²) in [6.45, 7) is 0.